The van der Waals surface area contributed by atoms with Gasteiger partial charge in [0.2, 0.25) is 0 Å². The Bertz CT molecular complexity index is 413. The van der Waals surface area contributed by atoms with Gasteiger partial charge in [0.25, 0.3) is 0 Å². The number of rotatable bonds is 4. The minimum absolute atomic E-state index is 0.323. The zero-order chi connectivity index (χ0) is 12.4. The molecule has 1 fully saturated rings. The highest BCUT2D eigenvalue weighted by molar-refractivity contribution is 5.44. The number of benzene rings is 1. The zero-order valence-electron chi connectivity index (χ0n) is 10.9. The third kappa shape index (κ3) is 2.32. The summed E-state index contributed by atoms with van der Waals surface area (Å²) in [5.74, 6) is 2.67. The second kappa shape index (κ2) is 5.19. The molecule has 1 atom stereocenters. The molecule has 1 aliphatic heterocycles. The van der Waals surface area contributed by atoms with E-state index < -0.39 is 0 Å². The normalized spacial score (nSPS) is 22.8. The molecule has 2 aliphatic rings. The van der Waals surface area contributed by atoms with E-state index in [-0.39, 0.29) is 0 Å². The van der Waals surface area contributed by atoms with E-state index in [4.69, 9.17) is 9.47 Å². The van der Waals surface area contributed by atoms with Gasteiger partial charge in [-0.15, -0.1) is 0 Å². The lowest BCUT2D eigenvalue weighted by atomic mass is 10.1. The van der Waals surface area contributed by atoms with Crippen molar-refractivity contribution in [2.45, 2.75) is 31.7 Å². The minimum Gasteiger partial charge on any atom is -0.493 e. The van der Waals surface area contributed by atoms with Crippen molar-refractivity contribution in [3.8, 4) is 11.5 Å². The van der Waals surface area contributed by atoms with Crippen LogP contribution in [0.5, 0.6) is 11.5 Å². The molecule has 0 amide bonds. The van der Waals surface area contributed by atoms with Crippen molar-refractivity contribution in [2.75, 3.05) is 20.3 Å². The van der Waals surface area contributed by atoms with Crippen LogP contribution in [0.25, 0.3) is 0 Å². The average molecular weight is 247 g/mol. The molecule has 3 heteroatoms. The number of hydrogen-bond acceptors (Lipinski definition) is 3. The van der Waals surface area contributed by atoms with Crippen molar-refractivity contribution in [1.82, 2.24) is 5.32 Å². The predicted molar refractivity (Wildman–Crippen MR) is 71.2 cm³/mol. The van der Waals surface area contributed by atoms with Crippen LogP contribution in [0.3, 0.4) is 0 Å². The summed E-state index contributed by atoms with van der Waals surface area (Å²) in [5, 5.41) is 3.25. The van der Waals surface area contributed by atoms with Gasteiger partial charge >= 0.3 is 0 Å². The lowest BCUT2D eigenvalue weighted by Gasteiger charge is -2.12. The monoisotopic (exact) mass is 247 g/mol. The summed E-state index contributed by atoms with van der Waals surface area (Å²) in [7, 11) is 1.97. The van der Waals surface area contributed by atoms with Gasteiger partial charge in [-0.3, -0.25) is 0 Å². The van der Waals surface area contributed by atoms with E-state index >= 15 is 0 Å². The Hall–Kier alpha value is -1.22. The topological polar surface area (TPSA) is 30.5 Å². The van der Waals surface area contributed by atoms with Crippen molar-refractivity contribution < 1.29 is 9.47 Å². The number of hydrogen-bond donors (Lipinski definition) is 1. The van der Waals surface area contributed by atoms with E-state index in [1.807, 2.05) is 13.1 Å². The van der Waals surface area contributed by atoms with E-state index in [0.29, 0.717) is 6.04 Å². The molecule has 1 heterocycles. The van der Waals surface area contributed by atoms with Gasteiger partial charge in [-0.05, 0) is 37.9 Å². The van der Waals surface area contributed by atoms with Gasteiger partial charge in [0.15, 0.2) is 0 Å². The van der Waals surface area contributed by atoms with Crippen molar-refractivity contribution in [1.29, 1.82) is 0 Å². The van der Waals surface area contributed by atoms with Gasteiger partial charge < -0.3 is 14.8 Å². The summed E-state index contributed by atoms with van der Waals surface area (Å²) >= 11 is 0. The Morgan fingerprint density at radius 3 is 2.94 bits per heavy atom. The first-order valence-electron chi connectivity index (χ1n) is 6.93. The number of likely N-dealkylation sites (N-methyl/N-ethyl adjacent to an activating group) is 1. The molecular formula is C15H21NO2. The Morgan fingerprint density at radius 1 is 1.33 bits per heavy atom. The lowest BCUT2D eigenvalue weighted by molar-refractivity contribution is 0.250. The Morgan fingerprint density at radius 2 is 2.17 bits per heavy atom. The van der Waals surface area contributed by atoms with Gasteiger partial charge in [0.1, 0.15) is 18.1 Å². The zero-order valence-corrected chi connectivity index (χ0v) is 10.9. The number of ether oxygens (including phenoxy) is 2. The molecule has 0 spiro atoms. The molecular weight excluding hydrogens is 226 g/mol. The smallest absolute Gasteiger partial charge is 0.127 e. The van der Waals surface area contributed by atoms with Gasteiger partial charge in [-0.1, -0.05) is 12.8 Å². The fourth-order valence-electron chi connectivity index (χ4n) is 2.91. The van der Waals surface area contributed by atoms with Crippen LogP contribution in [0.2, 0.25) is 0 Å². The fraction of sp³-hybridized carbons (Fsp3) is 0.600. The highest BCUT2D eigenvalue weighted by atomic mass is 16.5. The SMILES string of the molecule is CNC1COc2cc(OCC3CCCC3)ccc21. The van der Waals surface area contributed by atoms with Crippen molar-refractivity contribution >= 4 is 0 Å². The first-order valence-corrected chi connectivity index (χ1v) is 6.93. The molecule has 0 saturated heterocycles. The van der Waals surface area contributed by atoms with E-state index in [1.165, 1.54) is 31.2 Å². The standard InChI is InChI=1S/C15H21NO2/c1-16-14-10-18-15-8-12(6-7-13(14)15)17-9-11-4-2-3-5-11/h6-8,11,14,16H,2-5,9-10H2,1H3. The molecule has 18 heavy (non-hydrogen) atoms. The maximum atomic E-state index is 5.88. The van der Waals surface area contributed by atoms with Crippen LogP contribution in [0, 0.1) is 5.92 Å². The van der Waals surface area contributed by atoms with Crippen LogP contribution in [0.4, 0.5) is 0 Å². The quantitative estimate of drug-likeness (QED) is 0.887. The van der Waals surface area contributed by atoms with E-state index in [0.717, 1.165) is 30.6 Å². The molecule has 0 bridgehead atoms. The second-order valence-electron chi connectivity index (χ2n) is 5.31. The third-order valence-corrected chi connectivity index (χ3v) is 4.07. The van der Waals surface area contributed by atoms with Crippen LogP contribution in [0.1, 0.15) is 37.3 Å². The van der Waals surface area contributed by atoms with Gasteiger partial charge in [-0.2, -0.15) is 0 Å². The molecule has 1 aliphatic carbocycles. The maximum Gasteiger partial charge on any atom is 0.127 e. The molecule has 0 radical (unpaired) electrons. The minimum atomic E-state index is 0.323. The third-order valence-electron chi connectivity index (χ3n) is 4.07. The highest BCUT2D eigenvalue weighted by Gasteiger charge is 2.23. The summed E-state index contributed by atoms with van der Waals surface area (Å²) in [4.78, 5) is 0. The largest absolute Gasteiger partial charge is 0.493 e. The van der Waals surface area contributed by atoms with Gasteiger partial charge in [0.05, 0.1) is 12.6 Å². The summed E-state index contributed by atoms with van der Waals surface area (Å²) < 4.78 is 11.6. The molecule has 1 N–H and O–H groups in total. The van der Waals surface area contributed by atoms with Gasteiger partial charge in [-0.25, -0.2) is 0 Å². The molecule has 1 aromatic carbocycles. The van der Waals surface area contributed by atoms with Crippen LogP contribution >= 0.6 is 0 Å². The first kappa shape index (κ1) is 11.8. The summed E-state index contributed by atoms with van der Waals surface area (Å²) in [6.07, 6.45) is 5.38. The number of nitrogens with one attached hydrogen (secondary N) is 1. The lowest BCUT2D eigenvalue weighted by Crippen LogP contribution is -2.17. The van der Waals surface area contributed by atoms with E-state index in [9.17, 15) is 0 Å². The van der Waals surface area contributed by atoms with Crippen molar-refractivity contribution in [3.05, 3.63) is 23.8 Å². The molecule has 1 aromatic rings. The average Bonchev–Trinajstić information content (AvgIpc) is 3.05. The Labute approximate surface area is 108 Å². The van der Waals surface area contributed by atoms with E-state index in [1.54, 1.807) is 0 Å². The maximum absolute atomic E-state index is 5.88. The van der Waals surface area contributed by atoms with E-state index in [2.05, 4.69) is 17.4 Å². The second-order valence-corrected chi connectivity index (χ2v) is 5.31. The van der Waals surface area contributed by atoms with Crippen LogP contribution in [-0.2, 0) is 0 Å². The summed E-state index contributed by atoms with van der Waals surface area (Å²) in [6, 6.07) is 6.53. The van der Waals surface area contributed by atoms with Gasteiger partial charge in [0, 0.05) is 11.6 Å². The molecule has 1 unspecified atom stereocenters. The summed E-state index contributed by atoms with van der Waals surface area (Å²) in [5.41, 5.74) is 1.24. The molecule has 98 valence electrons. The Kier molecular flexibility index (Phi) is 3.41. The number of fused-ring (bicyclic) bond motifs is 1. The predicted octanol–water partition coefficient (Wildman–Crippen LogP) is 2.91. The van der Waals surface area contributed by atoms with Crippen molar-refractivity contribution in [3.63, 3.8) is 0 Å². The summed E-state index contributed by atoms with van der Waals surface area (Å²) in [6.45, 7) is 1.58. The molecule has 3 rings (SSSR count). The fourth-order valence-corrected chi connectivity index (χ4v) is 2.91. The van der Waals surface area contributed by atoms with Crippen LogP contribution < -0.4 is 14.8 Å². The highest BCUT2D eigenvalue weighted by Crippen LogP contribution is 2.35. The van der Waals surface area contributed by atoms with Crippen LogP contribution in [-0.4, -0.2) is 20.3 Å². The Balaban J connectivity index is 1.63. The van der Waals surface area contributed by atoms with Crippen LogP contribution in [0.15, 0.2) is 18.2 Å². The molecule has 1 saturated carbocycles. The van der Waals surface area contributed by atoms with Crippen molar-refractivity contribution in [2.24, 2.45) is 5.92 Å². The first-order chi connectivity index (χ1) is 8.86. The molecule has 0 aromatic heterocycles. The molecule has 3 nitrogen and oxygen atoms in total.